The maximum Gasteiger partial charge on any atom is 0.187 e. The summed E-state index contributed by atoms with van der Waals surface area (Å²) in [6.45, 7) is 0.0311. The number of ether oxygens (including phenoxy) is 9. The maximum atomic E-state index is 9.80. The molecule has 0 amide bonds. The van der Waals surface area contributed by atoms with Gasteiger partial charge in [-0.1, -0.05) is 0 Å². The lowest BCUT2D eigenvalue weighted by Gasteiger charge is -2.45. The molecule has 1 N–H and O–H groups in total. The molecule has 2 fully saturated rings. The third kappa shape index (κ3) is 4.78. The Morgan fingerprint density at radius 1 is 0.630 bits per heavy atom. The molecular formula is C17H32O10. The van der Waals surface area contributed by atoms with Crippen LogP contribution >= 0.6 is 0 Å². The first-order valence-corrected chi connectivity index (χ1v) is 8.80. The van der Waals surface area contributed by atoms with Gasteiger partial charge in [0.25, 0.3) is 0 Å². The van der Waals surface area contributed by atoms with Crippen molar-refractivity contribution in [1.29, 1.82) is 0 Å². The highest BCUT2D eigenvalue weighted by molar-refractivity contribution is 4.95. The normalized spacial score (nSPS) is 42.6. The summed E-state index contributed by atoms with van der Waals surface area (Å²) in [4.78, 5) is 0. The quantitative estimate of drug-likeness (QED) is 0.503. The molecule has 0 unspecified atom stereocenters. The molecule has 0 aromatic rings. The molecular weight excluding hydrogens is 364 g/mol. The zero-order valence-electron chi connectivity index (χ0n) is 16.7. The Labute approximate surface area is 159 Å². The molecule has 0 spiro atoms. The van der Waals surface area contributed by atoms with Crippen LogP contribution in [0.2, 0.25) is 0 Å². The second-order valence-electron chi connectivity index (χ2n) is 6.36. The molecule has 0 aromatic heterocycles. The van der Waals surface area contributed by atoms with Crippen molar-refractivity contribution in [2.75, 3.05) is 55.9 Å². The average molecular weight is 396 g/mol. The first-order valence-electron chi connectivity index (χ1n) is 8.80. The monoisotopic (exact) mass is 396 g/mol. The van der Waals surface area contributed by atoms with Crippen LogP contribution in [0.1, 0.15) is 0 Å². The molecule has 2 aliphatic heterocycles. The number of hydrogen-bond donors (Lipinski definition) is 1. The summed E-state index contributed by atoms with van der Waals surface area (Å²) in [6.07, 6.45) is -5.19. The number of methoxy groups -OCH3 is 6. The highest BCUT2D eigenvalue weighted by Gasteiger charge is 2.52. The summed E-state index contributed by atoms with van der Waals surface area (Å²) < 4.78 is 50.6. The molecule has 0 radical (unpaired) electrons. The molecule has 2 rings (SSSR count). The Morgan fingerprint density at radius 2 is 1.19 bits per heavy atom. The van der Waals surface area contributed by atoms with Crippen LogP contribution in [0.15, 0.2) is 0 Å². The van der Waals surface area contributed by atoms with Gasteiger partial charge in [0.2, 0.25) is 0 Å². The van der Waals surface area contributed by atoms with Gasteiger partial charge >= 0.3 is 0 Å². The van der Waals surface area contributed by atoms with E-state index in [0.717, 1.165) is 0 Å². The Bertz CT molecular complexity index is 425. The molecule has 27 heavy (non-hydrogen) atoms. The van der Waals surface area contributed by atoms with E-state index >= 15 is 0 Å². The van der Waals surface area contributed by atoms with Gasteiger partial charge in [0.05, 0.1) is 13.2 Å². The van der Waals surface area contributed by atoms with Crippen LogP contribution in [0, 0.1) is 0 Å². The third-order valence-electron chi connectivity index (χ3n) is 4.98. The molecule has 2 aliphatic rings. The minimum atomic E-state index is -0.767. The fraction of sp³-hybridized carbons (Fsp3) is 1.00. The Hall–Kier alpha value is -0.400. The Morgan fingerprint density at radius 3 is 1.67 bits per heavy atom. The smallest absolute Gasteiger partial charge is 0.187 e. The molecule has 0 aliphatic carbocycles. The van der Waals surface area contributed by atoms with Gasteiger partial charge in [0.1, 0.15) is 42.7 Å². The first kappa shape index (κ1) is 22.9. The Balaban J connectivity index is 2.20. The second kappa shape index (κ2) is 11.0. The molecule has 0 saturated carbocycles. The molecule has 2 heterocycles. The van der Waals surface area contributed by atoms with Gasteiger partial charge in [-0.25, -0.2) is 0 Å². The van der Waals surface area contributed by atoms with Crippen molar-refractivity contribution in [2.24, 2.45) is 0 Å². The summed E-state index contributed by atoms with van der Waals surface area (Å²) in [5.74, 6) is 0. The zero-order valence-corrected chi connectivity index (χ0v) is 16.7. The minimum absolute atomic E-state index is 0.291. The summed E-state index contributed by atoms with van der Waals surface area (Å²) in [6, 6.07) is 0. The van der Waals surface area contributed by atoms with E-state index in [1.165, 1.54) is 21.3 Å². The number of aliphatic hydroxyl groups excluding tert-OH is 1. The van der Waals surface area contributed by atoms with Crippen LogP contribution in [0.5, 0.6) is 0 Å². The summed E-state index contributed by atoms with van der Waals surface area (Å²) in [5, 5.41) is 9.80. The third-order valence-corrected chi connectivity index (χ3v) is 4.98. The largest absolute Gasteiger partial charge is 0.394 e. The van der Waals surface area contributed by atoms with E-state index < -0.39 is 43.1 Å². The van der Waals surface area contributed by atoms with Crippen LogP contribution < -0.4 is 0 Å². The molecule has 0 bridgehead atoms. The molecule has 9 atom stereocenters. The van der Waals surface area contributed by atoms with Crippen molar-refractivity contribution in [3.05, 3.63) is 0 Å². The van der Waals surface area contributed by atoms with Crippen molar-refractivity contribution in [3.63, 3.8) is 0 Å². The van der Waals surface area contributed by atoms with Crippen molar-refractivity contribution >= 4 is 0 Å². The number of rotatable bonds is 10. The molecule has 2 saturated heterocycles. The van der Waals surface area contributed by atoms with E-state index in [1.807, 2.05) is 0 Å². The topological polar surface area (TPSA) is 103 Å². The van der Waals surface area contributed by atoms with Crippen molar-refractivity contribution in [1.82, 2.24) is 0 Å². The first-order chi connectivity index (χ1) is 13.1. The summed E-state index contributed by atoms with van der Waals surface area (Å²) >= 11 is 0. The van der Waals surface area contributed by atoms with E-state index in [9.17, 15) is 5.11 Å². The van der Waals surface area contributed by atoms with Gasteiger partial charge in [-0.3, -0.25) is 0 Å². The lowest BCUT2D eigenvalue weighted by molar-refractivity contribution is -0.332. The minimum Gasteiger partial charge on any atom is -0.394 e. The number of aliphatic hydroxyl groups is 1. The lowest BCUT2D eigenvalue weighted by atomic mass is 9.98. The predicted molar refractivity (Wildman–Crippen MR) is 91.4 cm³/mol. The SMILES string of the molecule is COC[C@H]1O[C@H](O[C@H]2[C@H](OC)[C@@H](OC)[C@@H](OC)O[C@@H]2CO)[C@@H](OC)[C@@H]1OC. The van der Waals surface area contributed by atoms with E-state index in [0.29, 0.717) is 6.61 Å². The van der Waals surface area contributed by atoms with Crippen LogP contribution in [-0.4, -0.2) is 116 Å². The average Bonchev–Trinajstić information content (AvgIpc) is 3.03. The standard InChI is InChI=1S/C17H32O10/c1-19-8-10-11(20-2)14(22-4)17(26-10)27-12-9(7-18)25-16(24-6)15(23-5)13(12)21-3/h9-18H,7-8H2,1-6H3/t9-,10-,11-,12-,13+,14+,15-,16+,17-/m1/s1. The zero-order chi connectivity index (χ0) is 20.0. The van der Waals surface area contributed by atoms with Crippen LogP contribution in [-0.2, 0) is 42.6 Å². The fourth-order valence-electron chi connectivity index (χ4n) is 3.68. The van der Waals surface area contributed by atoms with Gasteiger partial charge in [-0.15, -0.1) is 0 Å². The van der Waals surface area contributed by atoms with E-state index in [-0.39, 0.29) is 18.8 Å². The van der Waals surface area contributed by atoms with Crippen LogP contribution in [0.3, 0.4) is 0 Å². The number of hydrogen-bond acceptors (Lipinski definition) is 10. The van der Waals surface area contributed by atoms with E-state index in [2.05, 4.69) is 0 Å². The van der Waals surface area contributed by atoms with Crippen molar-refractivity contribution in [2.45, 2.75) is 55.3 Å². The summed E-state index contributed by atoms with van der Waals surface area (Å²) in [7, 11) is 9.28. The van der Waals surface area contributed by atoms with Gasteiger partial charge in [0.15, 0.2) is 12.6 Å². The summed E-state index contributed by atoms with van der Waals surface area (Å²) in [5.41, 5.74) is 0. The van der Waals surface area contributed by atoms with Gasteiger partial charge in [-0.05, 0) is 0 Å². The van der Waals surface area contributed by atoms with Crippen molar-refractivity contribution in [3.8, 4) is 0 Å². The molecule has 10 heteroatoms. The maximum absolute atomic E-state index is 9.80. The highest BCUT2D eigenvalue weighted by Crippen LogP contribution is 2.33. The van der Waals surface area contributed by atoms with Gasteiger partial charge in [0, 0.05) is 42.7 Å². The van der Waals surface area contributed by atoms with Crippen LogP contribution in [0.25, 0.3) is 0 Å². The predicted octanol–water partition coefficient (Wildman–Crippen LogP) is -0.833. The highest BCUT2D eigenvalue weighted by atomic mass is 16.8. The van der Waals surface area contributed by atoms with Gasteiger partial charge in [-0.2, -0.15) is 0 Å². The van der Waals surface area contributed by atoms with E-state index in [4.69, 9.17) is 42.6 Å². The lowest BCUT2D eigenvalue weighted by Crippen LogP contribution is -2.62. The van der Waals surface area contributed by atoms with Crippen molar-refractivity contribution < 1.29 is 47.7 Å². The fourth-order valence-corrected chi connectivity index (χ4v) is 3.68. The van der Waals surface area contributed by atoms with E-state index in [1.54, 1.807) is 21.3 Å². The molecule has 160 valence electrons. The van der Waals surface area contributed by atoms with Gasteiger partial charge < -0.3 is 47.7 Å². The Kier molecular flexibility index (Phi) is 9.29. The molecule has 10 nitrogen and oxygen atoms in total. The second-order valence-corrected chi connectivity index (χ2v) is 6.36. The molecule has 0 aromatic carbocycles. The van der Waals surface area contributed by atoms with Crippen LogP contribution in [0.4, 0.5) is 0 Å².